The van der Waals surface area contributed by atoms with Crippen molar-refractivity contribution in [1.29, 1.82) is 0 Å². The Morgan fingerprint density at radius 2 is 1.58 bits per heavy atom. The van der Waals surface area contributed by atoms with Crippen molar-refractivity contribution in [3.63, 3.8) is 0 Å². The number of hydrogen-bond acceptors (Lipinski definition) is 2. The molecule has 98 valence electrons. The van der Waals surface area contributed by atoms with Gasteiger partial charge in [-0.15, -0.1) is 0 Å². The van der Waals surface area contributed by atoms with E-state index in [1.165, 1.54) is 0 Å². The van der Waals surface area contributed by atoms with Crippen LogP contribution in [0.25, 0.3) is 6.08 Å². The van der Waals surface area contributed by atoms with E-state index < -0.39 is 6.10 Å². The Bertz CT molecular complexity index is 529. The van der Waals surface area contributed by atoms with Crippen molar-refractivity contribution in [2.45, 2.75) is 6.10 Å². The average molecular weight is 253 g/mol. The predicted molar refractivity (Wildman–Crippen MR) is 81.2 cm³/mol. The molecule has 2 rings (SSSR count). The van der Waals surface area contributed by atoms with Gasteiger partial charge in [0.05, 0.1) is 6.10 Å². The van der Waals surface area contributed by atoms with E-state index in [4.69, 9.17) is 0 Å². The molecule has 0 saturated carbocycles. The number of aliphatic hydroxyl groups is 1. The second-order valence-corrected chi connectivity index (χ2v) is 4.70. The second kappa shape index (κ2) is 6.21. The zero-order valence-electron chi connectivity index (χ0n) is 11.3. The summed E-state index contributed by atoms with van der Waals surface area (Å²) in [5.41, 5.74) is 3.12. The van der Waals surface area contributed by atoms with Gasteiger partial charge in [0.1, 0.15) is 0 Å². The molecule has 0 aliphatic carbocycles. The number of hydrogen-bond donors (Lipinski definition) is 1. The lowest BCUT2D eigenvalue weighted by atomic mass is 10.1. The topological polar surface area (TPSA) is 23.5 Å². The van der Waals surface area contributed by atoms with Crippen LogP contribution in [0.4, 0.5) is 5.69 Å². The molecule has 2 aromatic rings. The maximum Gasteiger partial charge on any atom is 0.0975 e. The molecule has 1 unspecified atom stereocenters. The van der Waals surface area contributed by atoms with Gasteiger partial charge in [0.25, 0.3) is 0 Å². The molecule has 0 saturated heterocycles. The highest BCUT2D eigenvalue weighted by Crippen LogP contribution is 2.19. The number of benzene rings is 2. The molecule has 0 bridgehead atoms. The van der Waals surface area contributed by atoms with E-state index in [0.717, 1.165) is 16.8 Å². The standard InChI is InChI=1S/C17H19NO/c1-18(2)16-11-9-15(10-12-16)17(19)13-8-14-6-4-3-5-7-14/h3-13,17,19H,1-2H3/b13-8+. The zero-order chi connectivity index (χ0) is 13.7. The number of rotatable bonds is 4. The van der Waals surface area contributed by atoms with Crippen LogP contribution in [-0.4, -0.2) is 19.2 Å². The van der Waals surface area contributed by atoms with Crippen molar-refractivity contribution < 1.29 is 5.11 Å². The van der Waals surface area contributed by atoms with Crippen molar-refractivity contribution in [3.05, 3.63) is 71.8 Å². The summed E-state index contributed by atoms with van der Waals surface area (Å²) in [4.78, 5) is 2.04. The molecule has 0 aliphatic rings. The quantitative estimate of drug-likeness (QED) is 0.901. The molecule has 1 atom stereocenters. The molecule has 0 spiro atoms. The van der Waals surface area contributed by atoms with Crippen LogP contribution in [0.15, 0.2) is 60.7 Å². The highest BCUT2D eigenvalue weighted by molar-refractivity contribution is 5.51. The first kappa shape index (κ1) is 13.4. The summed E-state index contributed by atoms with van der Waals surface area (Å²) < 4.78 is 0. The molecule has 2 nitrogen and oxygen atoms in total. The van der Waals surface area contributed by atoms with Crippen LogP contribution in [0.3, 0.4) is 0 Å². The van der Waals surface area contributed by atoms with Crippen molar-refractivity contribution >= 4 is 11.8 Å². The maximum atomic E-state index is 10.1. The lowest BCUT2D eigenvalue weighted by Gasteiger charge is -2.13. The molecule has 0 fully saturated rings. The van der Waals surface area contributed by atoms with Crippen LogP contribution in [0.5, 0.6) is 0 Å². The Kier molecular flexibility index (Phi) is 4.37. The van der Waals surface area contributed by atoms with E-state index in [2.05, 4.69) is 0 Å². The Labute approximate surface area is 114 Å². The van der Waals surface area contributed by atoms with Gasteiger partial charge in [0.2, 0.25) is 0 Å². The minimum atomic E-state index is -0.573. The van der Waals surface area contributed by atoms with Crippen LogP contribution >= 0.6 is 0 Å². The lowest BCUT2D eigenvalue weighted by molar-refractivity contribution is 0.229. The first-order valence-electron chi connectivity index (χ1n) is 6.35. The third-order valence-corrected chi connectivity index (χ3v) is 3.02. The van der Waals surface area contributed by atoms with Crippen LogP contribution < -0.4 is 4.90 Å². The van der Waals surface area contributed by atoms with Gasteiger partial charge < -0.3 is 10.0 Å². The summed E-state index contributed by atoms with van der Waals surface area (Å²) in [5.74, 6) is 0. The Balaban J connectivity index is 2.07. The first-order valence-corrected chi connectivity index (χ1v) is 6.35. The molecular formula is C17H19NO. The lowest BCUT2D eigenvalue weighted by Crippen LogP contribution is -2.08. The third-order valence-electron chi connectivity index (χ3n) is 3.02. The fourth-order valence-corrected chi connectivity index (χ4v) is 1.85. The second-order valence-electron chi connectivity index (χ2n) is 4.70. The molecule has 0 heterocycles. The number of anilines is 1. The monoisotopic (exact) mass is 253 g/mol. The Hall–Kier alpha value is -2.06. The van der Waals surface area contributed by atoms with Crippen LogP contribution in [0, 0.1) is 0 Å². The molecular weight excluding hydrogens is 234 g/mol. The fraction of sp³-hybridized carbons (Fsp3) is 0.176. The Morgan fingerprint density at radius 3 is 2.16 bits per heavy atom. The Morgan fingerprint density at radius 1 is 0.947 bits per heavy atom. The van der Waals surface area contributed by atoms with Crippen molar-refractivity contribution in [3.8, 4) is 0 Å². The number of nitrogens with zero attached hydrogens (tertiary/aromatic N) is 1. The van der Waals surface area contributed by atoms with Gasteiger partial charge in [-0.1, -0.05) is 54.6 Å². The summed E-state index contributed by atoms with van der Waals surface area (Å²) in [6.45, 7) is 0. The minimum Gasteiger partial charge on any atom is -0.384 e. The molecule has 0 aromatic heterocycles. The van der Waals surface area contributed by atoms with Gasteiger partial charge >= 0.3 is 0 Å². The smallest absolute Gasteiger partial charge is 0.0975 e. The van der Waals surface area contributed by atoms with Crippen LogP contribution in [0.1, 0.15) is 17.2 Å². The summed E-state index contributed by atoms with van der Waals surface area (Å²) in [6.07, 6.45) is 3.17. The summed E-state index contributed by atoms with van der Waals surface area (Å²) >= 11 is 0. The first-order chi connectivity index (χ1) is 9.16. The van der Waals surface area contributed by atoms with Crippen LogP contribution in [-0.2, 0) is 0 Å². The van der Waals surface area contributed by atoms with E-state index in [1.54, 1.807) is 6.08 Å². The fourth-order valence-electron chi connectivity index (χ4n) is 1.85. The highest BCUT2D eigenvalue weighted by Gasteiger charge is 2.03. The summed E-state index contributed by atoms with van der Waals surface area (Å²) in [6, 6.07) is 17.9. The molecule has 19 heavy (non-hydrogen) atoms. The van der Waals surface area contributed by atoms with Gasteiger partial charge in [0, 0.05) is 19.8 Å². The largest absolute Gasteiger partial charge is 0.384 e. The van der Waals surface area contributed by atoms with Gasteiger partial charge in [-0.2, -0.15) is 0 Å². The predicted octanol–water partition coefficient (Wildman–Crippen LogP) is 3.50. The summed E-state index contributed by atoms with van der Waals surface area (Å²) in [5, 5.41) is 10.1. The van der Waals surface area contributed by atoms with Gasteiger partial charge in [0.15, 0.2) is 0 Å². The molecule has 2 heteroatoms. The van der Waals surface area contributed by atoms with Gasteiger partial charge in [-0.3, -0.25) is 0 Å². The summed E-state index contributed by atoms with van der Waals surface area (Å²) in [7, 11) is 4.00. The molecule has 2 aromatic carbocycles. The van der Waals surface area contributed by atoms with E-state index in [-0.39, 0.29) is 0 Å². The average Bonchev–Trinajstić information content (AvgIpc) is 2.46. The van der Waals surface area contributed by atoms with E-state index in [1.807, 2.05) is 79.7 Å². The zero-order valence-corrected chi connectivity index (χ0v) is 11.3. The van der Waals surface area contributed by atoms with E-state index >= 15 is 0 Å². The highest BCUT2D eigenvalue weighted by atomic mass is 16.3. The van der Waals surface area contributed by atoms with Crippen molar-refractivity contribution in [1.82, 2.24) is 0 Å². The van der Waals surface area contributed by atoms with E-state index in [0.29, 0.717) is 0 Å². The maximum absolute atomic E-state index is 10.1. The number of aliphatic hydroxyl groups excluding tert-OH is 1. The molecule has 1 N–H and O–H groups in total. The van der Waals surface area contributed by atoms with E-state index in [9.17, 15) is 5.11 Å². The van der Waals surface area contributed by atoms with Gasteiger partial charge in [-0.25, -0.2) is 0 Å². The molecule has 0 aliphatic heterocycles. The molecule has 0 amide bonds. The molecule has 0 radical (unpaired) electrons. The normalized spacial score (nSPS) is 12.6. The third kappa shape index (κ3) is 3.70. The van der Waals surface area contributed by atoms with Gasteiger partial charge in [-0.05, 0) is 23.3 Å². The van der Waals surface area contributed by atoms with Crippen LogP contribution in [0.2, 0.25) is 0 Å². The SMILES string of the molecule is CN(C)c1ccc(C(O)/C=C/c2ccccc2)cc1. The van der Waals surface area contributed by atoms with Crippen molar-refractivity contribution in [2.75, 3.05) is 19.0 Å². The van der Waals surface area contributed by atoms with Crippen molar-refractivity contribution in [2.24, 2.45) is 0 Å². The minimum absolute atomic E-state index is 0.573.